The molecule has 0 fully saturated rings. The number of aromatic nitrogens is 3. The van der Waals surface area contributed by atoms with Crippen molar-refractivity contribution in [1.82, 2.24) is 14.8 Å². The summed E-state index contributed by atoms with van der Waals surface area (Å²) in [6.45, 7) is 4.80. The van der Waals surface area contributed by atoms with Crippen LogP contribution in [-0.4, -0.2) is 27.2 Å². The fourth-order valence-electron chi connectivity index (χ4n) is 4.56. The molecule has 0 aliphatic rings. The van der Waals surface area contributed by atoms with E-state index in [1.807, 2.05) is 56.4 Å². The first-order chi connectivity index (χ1) is 17.5. The van der Waals surface area contributed by atoms with Crippen LogP contribution in [0.15, 0.2) is 82.3 Å². The summed E-state index contributed by atoms with van der Waals surface area (Å²) in [4.78, 5) is 33.3. The summed E-state index contributed by atoms with van der Waals surface area (Å²) in [5.74, 6) is -0.445. The molecule has 0 atom stereocenters. The zero-order chi connectivity index (χ0) is 24.8. The Bertz CT molecular complexity index is 1820. The molecule has 36 heavy (non-hydrogen) atoms. The van der Waals surface area contributed by atoms with Gasteiger partial charge in [0.05, 0.1) is 16.8 Å². The van der Waals surface area contributed by atoms with Crippen LogP contribution < -0.4 is 10.5 Å². The number of nitrogens with zero attached hydrogens (tertiary/aromatic N) is 4. The maximum Gasteiger partial charge on any atom is 0.349 e. The van der Waals surface area contributed by atoms with E-state index in [0.29, 0.717) is 23.8 Å². The number of aryl methyl sites for hydroxylation is 2. The van der Waals surface area contributed by atoms with Gasteiger partial charge in [-0.15, -0.1) is 0 Å². The highest BCUT2D eigenvalue weighted by molar-refractivity contribution is 7.22. The summed E-state index contributed by atoms with van der Waals surface area (Å²) in [5.41, 5.74) is 2.79. The Morgan fingerprint density at radius 3 is 2.75 bits per heavy atom. The third-order valence-corrected chi connectivity index (χ3v) is 7.30. The highest BCUT2D eigenvalue weighted by atomic mass is 32.1. The Labute approximate surface area is 210 Å². The Morgan fingerprint density at radius 2 is 1.92 bits per heavy atom. The van der Waals surface area contributed by atoms with Crippen LogP contribution in [0.4, 0.5) is 5.13 Å². The summed E-state index contributed by atoms with van der Waals surface area (Å²) in [7, 11) is 0. The minimum absolute atomic E-state index is 0.0218. The Morgan fingerprint density at radius 1 is 1.06 bits per heavy atom. The smallest absolute Gasteiger partial charge is 0.349 e. The molecule has 0 saturated heterocycles. The average molecular weight is 495 g/mol. The van der Waals surface area contributed by atoms with Crippen molar-refractivity contribution in [3.8, 4) is 0 Å². The van der Waals surface area contributed by atoms with E-state index < -0.39 is 11.5 Å². The van der Waals surface area contributed by atoms with E-state index in [1.165, 1.54) is 11.3 Å². The van der Waals surface area contributed by atoms with E-state index in [9.17, 15) is 9.59 Å². The lowest BCUT2D eigenvalue weighted by Gasteiger charge is -2.19. The largest absolute Gasteiger partial charge is 0.422 e. The summed E-state index contributed by atoms with van der Waals surface area (Å²) < 4.78 is 8.36. The first-order valence-corrected chi connectivity index (χ1v) is 12.4. The fourth-order valence-corrected chi connectivity index (χ4v) is 5.73. The van der Waals surface area contributed by atoms with Crippen molar-refractivity contribution in [1.29, 1.82) is 0 Å². The summed E-state index contributed by atoms with van der Waals surface area (Å²) in [6, 6.07) is 19.1. The minimum Gasteiger partial charge on any atom is -0.422 e. The third kappa shape index (κ3) is 3.85. The number of carbonyl (C=O) groups is 1. The van der Waals surface area contributed by atoms with Crippen molar-refractivity contribution in [3.05, 3.63) is 100 Å². The van der Waals surface area contributed by atoms with Gasteiger partial charge in [-0.05, 0) is 60.0 Å². The lowest BCUT2D eigenvalue weighted by Crippen LogP contribution is -2.36. The molecule has 0 radical (unpaired) electrons. The summed E-state index contributed by atoms with van der Waals surface area (Å²) in [6.07, 6.45) is 3.53. The number of rotatable bonds is 5. The maximum absolute atomic E-state index is 13.9. The lowest BCUT2D eigenvalue weighted by molar-refractivity contribution is 0.0982. The molecule has 0 spiro atoms. The number of benzene rings is 3. The molecule has 0 unspecified atom stereocenters. The second kappa shape index (κ2) is 8.73. The zero-order valence-electron chi connectivity index (χ0n) is 19.8. The molecule has 6 aromatic rings. The summed E-state index contributed by atoms with van der Waals surface area (Å²) in [5, 5.41) is 7.44. The number of hydrogen-bond donors (Lipinski definition) is 0. The van der Waals surface area contributed by atoms with Crippen molar-refractivity contribution in [2.75, 3.05) is 11.4 Å². The lowest BCUT2D eigenvalue weighted by atomic mass is 10.0. The molecule has 6 rings (SSSR count). The molecule has 0 aliphatic heterocycles. The maximum atomic E-state index is 13.9. The van der Waals surface area contributed by atoms with Gasteiger partial charge in [0.2, 0.25) is 0 Å². The molecular formula is C28H22N4O3S. The van der Waals surface area contributed by atoms with E-state index in [1.54, 1.807) is 27.9 Å². The Kier molecular flexibility index (Phi) is 5.38. The second-order valence-electron chi connectivity index (χ2n) is 8.80. The fraction of sp³-hybridized carbons (Fsp3) is 0.143. The van der Waals surface area contributed by atoms with Crippen LogP contribution in [0, 0.1) is 13.8 Å². The normalized spacial score (nSPS) is 11.5. The van der Waals surface area contributed by atoms with Crippen molar-refractivity contribution in [2.45, 2.75) is 20.4 Å². The van der Waals surface area contributed by atoms with Crippen LogP contribution in [0.25, 0.3) is 32.0 Å². The van der Waals surface area contributed by atoms with Gasteiger partial charge < -0.3 is 4.42 Å². The number of fused-ring (bicyclic) bond motifs is 4. The molecule has 8 heteroatoms. The molecule has 0 N–H and O–H groups in total. The Balaban J connectivity index is 1.49. The first-order valence-electron chi connectivity index (χ1n) is 11.6. The topological polar surface area (TPSA) is 81.2 Å². The minimum atomic E-state index is -0.667. The number of anilines is 1. The van der Waals surface area contributed by atoms with Crippen LogP contribution in [0.1, 0.15) is 21.5 Å². The van der Waals surface area contributed by atoms with Gasteiger partial charge in [0, 0.05) is 24.3 Å². The van der Waals surface area contributed by atoms with Gasteiger partial charge in [-0.25, -0.2) is 9.78 Å². The molecule has 0 bridgehead atoms. The standard InChI is InChI=1S/C28H22N4O3S/c1-17-14-18(2)25-24(15-17)36-28(30-25)32(13-12-31-11-5-10-29-31)26(33)22-16-21-20-7-4-3-6-19(20)8-9-23(21)35-27(22)34/h3-11,14-16H,12-13H2,1-2H3. The van der Waals surface area contributed by atoms with Crippen LogP contribution in [-0.2, 0) is 6.54 Å². The molecule has 3 heterocycles. The van der Waals surface area contributed by atoms with Gasteiger partial charge in [0.15, 0.2) is 5.13 Å². The molecule has 3 aromatic carbocycles. The van der Waals surface area contributed by atoms with Crippen LogP contribution >= 0.6 is 11.3 Å². The number of hydrogen-bond acceptors (Lipinski definition) is 6. The van der Waals surface area contributed by atoms with Crippen molar-refractivity contribution >= 4 is 54.3 Å². The number of carbonyl (C=O) groups excluding carboxylic acids is 1. The molecular weight excluding hydrogens is 472 g/mol. The quantitative estimate of drug-likeness (QED) is 0.226. The molecule has 1 amide bonds. The average Bonchev–Trinajstić information content (AvgIpc) is 3.54. The van der Waals surface area contributed by atoms with Crippen LogP contribution in [0.5, 0.6) is 0 Å². The highest BCUT2D eigenvalue weighted by Crippen LogP contribution is 2.33. The van der Waals surface area contributed by atoms with E-state index >= 15 is 0 Å². The van der Waals surface area contributed by atoms with E-state index in [4.69, 9.17) is 9.40 Å². The van der Waals surface area contributed by atoms with Crippen LogP contribution in [0.2, 0.25) is 0 Å². The molecule has 7 nitrogen and oxygen atoms in total. The Hall–Kier alpha value is -4.30. The van der Waals surface area contributed by atoms with Gasteiger partial charge in [-0.2, -0.15) is 5.10 Å². The third-order valence-electron chi connectivity index (χ3n) is 6.28. The van der Waals surface area contributed by atoms with Crippen molar-refractivity contribution in [2.24, 2.45) is 0 Å². The van der Waals surface area contributed by atoms with E-state index in [0.717, 1.165) is 37.5 Å². The van der Waals surface area contributed by atoms with E-state index in [-0.39, 0.29) is 5.56 Å². The highest BCUT2D eigenvalue weighted by Gasteiger charge is 2.25. The van der Waals surface area contributed by atoms with Crippen LogP contribution in [0.3, 0.4) is 0 Å². The van der Waals surface area contributed by atoms with E-state index in [2.05, 4.69) is 17.2 Å². The molecule has 0 aliphatic carbocycles. The monoisotopic (exact) mass is 494 g/mol. The zero-order valence-corrected chi connectivity index (χ0v) is 20.6. The number of amides is 1. The van der Waals surface area contributed by atoms with Gasteiger partial charge in [0.1, 0.15) is 11.1 Å². The molecule has 178 valence electrons. The molecule has 3 aromatic heterocycles. The van der Waals surface area contributed by atoms with Gasteiger partial charge >= 0.3 is 5.63 Å². The van der Waals surface area contributed by atoms with Crippen molar-refractivity contribution in [3.63, 3.8) is 0 Å². The van der Waals surface area contributed by atoms with Crippen molar-refractivity contribution < 1.29 is 9.21 Å². The predicted octanol–water partition coefficient (Wildman–Crippen LogP) is 5.72. The number of thiazole rings is 1. The predicted molar refractivity (Wildman–Crippen MR) is 143 cm³/mol. The van der Waals surface area contributed by atoms with Gasteiger partial charge in [0.25, 0.3) is 5.91 Å². The molecule has 0 saturated carbocycles. The second-order valence-corrected chi connectivity index (χ2v) is 9.81. The summed E-state index contributed by atoms with van der Waals surface area (Å²) >= 11 is 1.44. The van der Waals surface area contributed by atoms with Gasteiger partial charge in [-0.3, -0.25) is 14.4 Å². The SMILES string of the molecule is Cc1cc(C)c2nc(N(CCn3cccn3)C(=O)c3cc4c(ccc5ccccc54)oc3=O)sc2c1. The first kappa shape index (κ1) is 22.2. The van der Waals surface area contributed by atoms with Gasteiger partial charge in [-0.1, -0.05) is 47.7 Å².